The second kappa shape index (κ2) is 8.34. The summed E-state index contributed by atoms with van der Waals surface area (Å²) in [4.78, 5) is 28.9. The minimum Gasteiger partial charge on any atom is -0.352 e. The van der Waals surface area contributed by atoms with Gasteiger partial charge in [0.1, 0.15) is 0 Å². The Kier molecular flexibility index (Phi) is 6.15. The number of carbonyl (C=O) groups excluding carboxylic acids is 2. The maximum Gasteiger partial charge on any atom is 0.230 e. The molecule has 1 aromatic heterocycles. The van der Waals surface area contributed by atoms with Crippen LogP contribution in [0.1, 0.15) is 23.7 Å². The van der Waals surface area contributed by atoms with Gasteiger partial charge >= 0.3 is 0 Å². The van der Waals surface area contributed by atoms with Gasteiger partial charge in [0, 0.05) is 35.3 Å². The number of nitrogens with one attached hydrogen (secondary N) is 1. The van der Waals surface area contributed by atoms with Gasteiger partial charge in [0.15, 0.2) is 5.78 Å². The third-order valence-corrected chi connectivity index (χ3v) is 4.03. The van der Waals surface area contributed by atoms with E-state index in [1.807, 2.05) is 37.3 Å². The molecule has 0 saturated carbocycles. The van der Waals surface area contributed by atoms with Crippen molar-refractivity contribution in [1.82, 2.24) is 10.3 Å². The zero-order valence-electron chi connectivity index (χ0n) is 12.4. The number of aromatic nitrogens is 1. The third-order valence-electron chi connectivity index (χ3n) is 3.01. The standard InChI is InChI=1S/C17H18N2O2S/c1-13(11-16(20)14-5-3-2-4-6-14)19-17(21)12-22-15-7-9-18-10-8-15/h2-10,13H,11-12H2,1H3,(H,19,21)/t13-/m0/s1. The number of hydrogen-bond donors (Lipinski definition) is 1. The zero-order chi connectivity index (χ0) is 15.8. The van der Waals surface area contributed by atoms with Crippen LogP contribution in [0, 0.1) is 0 Å². The van der Waals surface area contributed by atoms with Gasteiger partial charge in [-0.3, -0.25) is 14.6 Å². The van der Waals surface area contributed by atoms with E-state index in [0.29, 0.717) is 17.7 Å². The molecule has 1 aromatic carbocycles. The highest BCUT2D eigenvalue weighted by Gasteiger charge is 2.13. The molecule has 2 aromatic rings. The van der Waals surface area contributed by atoms with Gasteiger partial charge in [-0.15, -0.1) is 11.8 Å². The highest BCUT2D eigenvalue weighted by Crippen LogP contribution is 2.15. The van der Waals surface area contributed by atoms with E-state index in [1.54, 1.807) is 24.5 Å². The molecule has 114 valence electrons. The molecule has 22 heavy (non-hydrogen) atoms. The van der Waals surface area contributed by atoms with Crippen molar-refractivity contribution in [3.63, 3.8) is 0 Å². The highest BCUT2D eigenvalue weighted by atomic mass is 32.2. The van der Waals surface area contributed by atoms with Crippen LogP contribution in [0.15, 0.2) is 59.8 Å². The molecule has 1 atom stereocenters. The molecule has 5 heteroatoms. The summed E-state index contributed by atoms with van der Waals surface area (Å²) in [5.74, 6) is 0.291. The molecule has 0 bridgehead atoms. The van der Waals surface area contributed by atoms with Gasteiger partial charge in [-0.25, -0.2) is 0 Å². The van der Waals surface area contributed by atoms with Crippen LogP contribution in [-0.2, 0) is 4.79 Å². The van der Waals surface area contributed by atoms with E-state index in [-0.39, 0.29) is 17.7 Å². The van der Waals surface area contributed by atoms with Crippen LogP contribution >= 0.6 is 11.8 Å². The molecule has 0 saturated heterocycles. The summed E-state index contributed by atoms with van der Waals surface area (Å²) in [5.41, 5.74) is 0.676. The summed E-state index contributed by atoms with van der Waals surface area (Å²) in [6.07, 6.45) is 3.69. The van der Waals surface area contributed by atoms with E-state index >= 15 is 0 Å². The molecule has 0 aliphatic carbocycles. The predicted octanol–water partition coefficient (Wildman–Crippen LogP) is 2.95. The molecule has 1 amide bonds. The second-order valence-corrected chi connectivity index (χ2v) is 5.98. The fraction of sp³-hybridized carbons (Fsp3) is 0.235. The Hall–Kier alpha value is -2.14. The van der Waals surface area contributed by atoms with Crippen LogP contribution in [0.25, 0.3) is 0 Å². The topological polar surface area (TPSA) is 59.1 Å². The van der Waals surface area contributed by atoms with Crippen molar-refractivity contribution < 1.29 is 9.59 Å². The molecule has 1 heterocycles. The molecule has 0 radical (unpaired) electrons. The van der Waals surface area contributed by atoms with E-state index in [1.165, 1.54) is 11.8 Å². The number of thioether (sulfide) groups is 1. The number of amides is 1. The molecule has 0 fully saturated rings. The van der Waals surface area contributed by atoms with E-state index < -0.39 is 0 Å². The van der Waals surface area contributed by atoms with Crippen molar-refractivity contribution in [2.24, 2.45) is 0 Å². The number of pyridine rings is 1. The Morgan fingerprint density at radius 1 is 1.14 bits per heavy atom. The smallest absolute Gasteiger partial charge is 0.230 e. The summed E-state index contributed by atoms with van der Waals surface area (Å²) >= 11 is 1.45. The van der Waals surface area contributed by atoms with Gasteiger partial charge in [0.2, 0.25) is 5.91 Å². The predicted molar refractivity (Wildman–Crippen MR) is 88.0 cm³/mol. The molecule has 2 rings (SSSR count). The minimum absolute atomic E-state index is 0.0372. The molecule has 0 aliphatic heterocycles. The van der Waals surface area contributed by atoms with Crippen LogP contribution in [-0.4, -0.2) is 28.5 Å². The maximum absolute atomic E-state index is 12.1. The first-order valence-electron chi connectivity index (χ1n) is 7.05. The number of nitrogens with zero attached hydrogens (tertiary/aromatic N) is 1. The van der Waals surface area contributed by atoms with Gasteiger partial charge in [0.25, 0.3) is 0 Å². The summed E-state index contributed by atoms with van der Waals surface area (Å²) in [6, 6.07) is 12.7. The molecule has 0 aliphatic rings. The molecular formula is C17H18N2O2S. The number of hydrogen-bond acceptors (Lipinski definition) is 4. The van der Waals surface area contributed by atoms with Crippen LogP contribution in [0.5, 0.6) is 0 Å². The Balaban J connectivity index is 1.75. The van der Waals surface area contributed by atoms with Gasteiger partial charge in [-0.05, 0) is 19.1 Å². The average molecular weight is 314 g/mol. The first-order chi connectivity index (χ1) is 10.6. The van der Waals surface area contributed by atoms with E-state index in [0.717, 1.165) is 4.90 Å². The van der Waals surface area contributed by atoms with Gasteiger partial charge in [-0.2, -0.15) is 0 Å². The van der Waals surface area contributed by atoms with Gasteiger partial charge < -0.3 is 5.32 Å². The molecule has 1 N–H and O–H groups in total. The molecule has 0 spiro atoms. The summed E-state index contributed by atoms with van der Waals surface area (Å²) in [6.45, 7) is 1.84. The largest absolute Gasteiger partial charge is 0.352 e. The van der Waals surface area contributed by atoms with Crippen LogP contribution in [0.4, 0.5) is 0 Å². The summed E-state index contributed by atoms with van der Waals surface area (Å²) in [5, 5.41) is 2.85. The number of ketones is 1. The first kappa shape index (κ1) is 16.2. The highest BCUT2D eigenvalue weighted by molar-refractivity contribution is 8.00. The van der Waals surface area contributed by atoms with Crippen molar-refractivity contribution >= 4 is 23.5 Å². The second-order valence-electron chi connectivity index (χ2n) is 4.93. The van der Waals surface area contributed by atoms with Crippen LogP contribution in [0.3, 0.4) is 0 Å². The van der Waals surface area contributed by atoms with Crippen molar-refractivity contribution in [1.29, 1.82) is 0 Å². The molecule has 4 nitrogen and oxygen atoms in total. The van der Waals surface area contributed by atoms with E-state index in [9.17, 15) is 9.59 Å². The van der Waals surface area contributed by atoms with Crippen LogP contribution in [0.2, 0.25) is 0 Å². The summed E-state index contributed by atoms with van der Waals surface area (Å²) in [7, 11) is 0. The van der Waals surface area contributed by atoms with Crippen molar-refractivity contribution in [2.75, 3.05) is 5.75 Å². The monoisotopic (exact) mass is 314 g/mol. The van der Waals surface area contributed by atoms with Gasteiger partial charge in [0.05, 0.1) is 5.75 Å². The fourth-order valence-corrected chi connectivity index (χ4v) is 2.67. The normalized spacial score (nSPS) is 11.7. The minimum atomic E-state index is -0.182. The Morgan fingerprint density at radius 2 is 1.82 bits per heavy atom. The lowest BCUT2D eigenvalue weighted by atomic mass is 10.0. The maximum atomic E-state index is 12.1. The quantitative estimate of drug-likeness (QED) is 0.630. The van der Waals surface area contributed by atoms with Crippen molar-refractivity contribution in [3.05, 3.63) is 60.4 Å². The van der Waals surface area contributed by atoms with Crippen molar-refractivity contribution in [2.45, 2.75) is 24.3 Å². The SMILES string of the molecule is C[C@@H](CC(=O)c1ccccc1)NC(=O)CSc1ccncc1. The lowest BCUT2D eigenvalue weighted by molar-refractivity contribution is -0.119. The van der Waals surface area contributed by atoms with E-state index in [4.69, 9.17) is 0 Å². The third kappa shape index (κ3) is 5.33. The average Bonchev–Trinajstić information content (AvgIpc) is 2.54. The number of benzene rings is 1. The Morgan fingerprint density at radius 3 is 2.50 bits per heavy atom. The number of Topliss-reactive ketones (excluding diaryl/α,β-unsaturated/α-hetero) is 1. The summed E-state index contributed by atoms with van der Waals surface area (Å²) < 4.78 is 0. The van der Waals surface area contributed by atoms with Gasteiger partial charge in [-0.1, -0.05) is 30.3 Å². The first-order valence-corrected chi connectivity index (χ1v) is 8.04. The molecular weight excluding hydrogens is 296 g/mol. The fourth-order valence-electron chi connectivity index (χ4n) is 1.97. The number of carbonyl (C=O) groups is 2. The number of rotatable bonds is 7. The van der Waals surface area contributed by atoms with Crippen LogP contribution < -0.4 is 5.32 Å². The lowest BCUT2D eigenvalue weighted by Gasteiger charge is -2.13. The Bertz CT molecular complexity index is 617. The Labute approximate surface area is 134 Å². The zero-order valence-corrected chi connectivity index (χ0v) is 13.2. The lowest BCUT2D eigenvalue weighted by Crippen LogP contribution is -2.35. The molecule has 0 unspecified atom stereocenters. The van der Waals surface area contributed by atoms with E-state index in [2.05, 4.69) is 10.3 Å². The van der Waals surface area contributed by atoms with Crippen molar-refractivity contribution in [3.8, 4) is 0 Å².